The molecule has 2 amide bonds. The molecule has 0 aromatic heterocycles. The van der Waals surface area contributed by atoms with Gasteiger partial charge in [-0.3, -0.25) is 0 Å². The molecule has 132 valence electrons. The van der Waals surface area contributed by atoms with Crippen LogP contribution in [0.1, 0.15) is 22.1 Å². The first-order valence-electron chi connectivity index (χ1n) is 7.77. The van der Waals surface area contributed by atoms with Gasteiger partial charge in [-0.25, -0.2) is 4.79 Å². The molecular formula is C18H17F3N2OS. The Hall–Kier alpha value is -2.15. The Morgan fingerprint density at radius 1 is 1.20 bits per heavy atom. The molecule has 3 nitrogen and oxygen atoms in total. The summed E-state index contributed by atoms with van der Waals surface area (Å²) in [6, 6.07) is 12.3. The van der Waals surface area contributed by atoms with Gasteiger partial charge in [0.1, 0.15) is 5.37 Å². The summed E-state index contributed by atoms with van der Waals surface area (Å²) in [6.07, 6.45) is -4.39. The van der Waals surface area contributed by atoms with Crippen LogP contribution in [-0.4, -0.2) is 23.2 Å². The fourth-order valence-electron chi connectivity index (χ4n) is 2.74. The molecule has 1 fully saturated rings. The van der Waals surface area contributed by atoms with E-state index in [9.17, 15) is 18.0 Å². The number of hydrogen-bond acceptors (Lipinski definition) is 2. The number of nitrogens with zero attached hydrogens (tertiary/aromatic N) is 1. The summed E-state index contributed by atoms with van der Waals surface area (Å²) >= 11 is 1.46. The molecule has 1 N–H and O–H groups in total. The smallest absolute Gasteiger partial charge is 0.308 e. The molecule has 2 aromatic rings. The molecular weight excluding hydrogens is 349 g/mol. The van der Waals surface area contributed by atoms with E-state index in [0.29, 0.717) is 23.5 Å². The van der Waals surface area contributed by atoms with Crippen molar-refractivity contribution in [2.75, 3.05) is 17.6 Å². The van der Waals surface area contributed by atoms with Crippen LogP contribution < -0.4 is 5.32 Å². The highest BCUT2D eigenvalue weighted by molar-refractivity contribution is 7.99. The molecule has 7 heteroatoms. The van der Waals surface area contributed by atoms with Crippen molar-refractivity contribution < 1.29 is 18.0 Å². The summed E-state index contributed by atoms with van der Waals surface area (Å²) in [6.45, 7) is 2.41. The monoisotopic (exact) mass is 366 g/mol. The van der Waals surface area contributed by atoms with Crippen molar-refractivity contribution in [2.24, 2.45) is 0 Å². The normalized spacial score (nSPS) is 17.6. The molecule has 1 heterocycles. The quantitative estimate of drug-likeness (QED) is 0.783. The number of carbonyl (C=O) groups excluding carboxylic acids is 1. The van der Waals surface area contributed by atoms with Gasteiger partial charge in [-0.15, -0.1) is 11.8 Å². The van der Waals surface area contributed by atoms with Crippen molar-refractivity contribution in [1.29, 1.82) is 0 Å². The highest BCUT2D eigenvalue weighted by Crippen LogP contribution is 2.40. The fraction of sp³-hybridized carbons (Fsp3) is 0.278. The molecule has 1 saturated heterocycles. The van der Waals surface area contributed by atoms with E-state index in [-0.39, 0.29) is 6.03 Å². The maximum Gasteiger partial charge on any atom is 0.416 e. The number of carbonyl (C=O) groups is 1. The van der Waals surface area contributed by atoms with Gasteiger partial charge in [-0.2, -0.15) is 13.2 Å². The minimum atomic E-state index is -4.39. The third-order valence-electron chi connectivity index (χ3n) is 3.92. The van der Waals surface area contributed by atoms with Crippen LogP contribution in [0.3, 0.4) is 0 Å². The lowest BCUT2D eigenvalue weighted by molar-refractivity contribution is -0.137. The standard InChI is InChI=1S/C18H17F3N2OS/c1-12-4-2-7-15(10-12)22-17(24)23-8-9-25-16(23)13-5-3-6-14(11-13)18(19,20)21/h2-7,10-11,16H,8-9H2,1H3,(H,22,24). The molecule has 0 aliphatic carbocycles. The summed E-state index contributed by atoms with van der Waals surface area (Å²) < 4.78 is 38.8. The van der Waals surface area contributed by atoms with E-state index in [1.807, 2.05) is 25.1 Å². The van der Waals surface area contributed by atoms with Gasteiger partial charge in [0.2, 0.25) is 0 Å². The Morgan fingerprint density at radius 3 is 2.68 bits per heavy atom. The van der Waals surface area contributed by atoms with Crippen LogP contribution in [0.2, 0.25) is 0 Å². The zero-order valence-electron chi connectivity index (χ0n) is 13.5. The average Bonchev–Trinajstić information content (AvgIpc) is 3.04. The third-order valence-corrected chi connectivity index (χ3v) is 5.18. The predicted octanol–water partition coefficient (Wildman–Crippen LogP) is 5.29. The van der Waals surface area contributed by atoms with Crippen LogP contribution in [-0.2, 0) is 6.18 Å². The molecule has 1 atom stereocenters. The highest BCUT2D eigenvalue weighted by atomic mass is 32.2. The second kappa shape index (κ2) is 7.00. The summed E-state index contributed by atoms with van der Waals surface area (Å²) in [5.41, 5.74) is 1.47. The first-order chi connectivity index (χ1) is 11.8. The molecule has 0 radical (unpaired) electrons. The maximum atomic E-state index is 12.9. The first kappa shape index (κ1) is 17.7. The van der Waals surface area contributed by atoms with Crippen LogP contribution in [0, 0.1) is 6.92 Å². The second-order valence-corrected chi connectivity index (χ2v) is 7.03. The number of rotatable bonds is 2. The Morgan fingerprint density at radius 2 is 1.96 bits per heavy atom. The molecule has 0 spiro atoms. The number of anilines is 1. The minimum absolute atomic E-state index is 0.307. The molecule has 25 heavy (non-hydrogen) atoms. The number of aryl methyl sites for hydroxylation is 1. The number of urea groups is 1. The van der Waals surface area contributed by atoms with Gasteiger partial charge in [0.25, 0.3) is 0 Å². The van der Waals surface area contributed by atoms with Crippen molar-refractivity contribution in [2.45, 2.75) is 18.5 Å². The molecule has 1 aliphatic heterocycles. The molecule has 3 rings (SSSR count). The Labute approximate surface area is 148 Å². The number of alkyl halides is 3. The van der Waals surface area contributed by atoms with Gasteiger partial charge in [0.05, 0.1) is 5.56 Å². The lowest BCUT2D eigenvalue weighted by atomic mass is 10.1. The molecule has 1 aliphatic rings. The molecule has 0 saturated carbocycles. The largest absolute Gasteiger partial charge is 0.416 e. The number of halogens is 3. The number of hydrogen-bond donors (Lipinski definition) is 1. The summed E-state index contributed by atoms with van der Waals surface area (Å²) in [7, 11) is 0. The fourth-order valence-corrected chi connectivity index (χ4v) is 3.99. The van der Waals surface area contributed by atoms with Crippen molar-refractivity contribution in [1.82, 2.24) is 4.90 Å². The summed E-state index contributed by atoms with van der Waals surface area (Å²) in [4.78, 5) is 14.1. The lowest BCUT2D eigenvalue weighted by Gasteiger charge is -2.25. The zero-order chi connectivity index (χ0) is 18.0. The Balaban J connectivity index is 1.79. The van der Waals surface area contributed by atoms with E-state index >= 15 is 0 Å². The average molecular weight is 366 g/mol. The molecule has 1 unspecified atom stereocenters. The van der Waals surface area contributed by atoms with Crippen molar-refractivity contribution in [3.05, 3.63) is 65.2 Å². The number of nitrogens with one attached hydrogen (secondary N) is 1. The van der Waals surface area contributed by atoms with Crippen molar-refractivity contribution in [3.8, 4) is 0 Å². The lowest BCUT2D eigenvalue weighted by Crippen LogP contribution is -2.34. The van der Waals surface area contributed by atoms with Crippen LogP contribution in [0.4, 0.5) is 23.7 Å². The SMILES string of the molecule is Cc1cccc(NC(=O)N2CCSC2c2cccc(C(F)(F)F)c2)c1. The van der Waals surface area contributed by atoms with E-state index in [1.165, 1.54) is 17.8 Å². The predicted molar refractivity (Wildman–Crippen MR) is 93.5 cm³/mol. The van der Waals surface area contributed by atoms with Crippen molar-refractivity contribution >= 4 is 23.5 Å². The van der Waals surface area contributed by atoms with E-state index in [0.717, 1.165) is 17.7 Å². The van der Waals surface area contributed by atoms with Gasteiger partial charge in [0.15, 0.2) is 0 Å². The van der Waals surface area contributed by atoms with Gasteiger partial charge in [-0.05, 0) is 42.3 Å². The van der Waals surface area contributed by atoms with Crippen molar-refractivity contribution in [3.63, 3.8) is 0 Å². The van der Waals surface area contributed by atoms with Crippen LogP contribution in [0.5, 0.6) is 0 Å². The van der Waals surface area contributed by atoms with Crippen LogP contribution >= 0.6 is 11.8 Å². The van der Waals surface area contributed by atoms with Gasteiger partial charge < -0.3 is 10.2 Å². The first-order valence-corrected chi connectivity index (χ1v) is 8.82. The topological polar surface area (TPSA) is 32.3 Å². The third kappa shape index (κ3) is 4.10. The summed E-state index contributed by atoms with van der Waals surface area (Å²) in [5, 5.41) is 2.40. The van der Waals surface area contributed by atoms with Crippen LogP contribution in [0.25, 0.3) is 0 Å². The van der Waals surface area contributed by atoms with E-state index < -0.39 is 17.1 Å². The highest BCUT2D eigenvalue weighted by Gasteiger charge is 2.34. The van der Waals surface area contributed by atoms with E-state index in [2.05, 4.69) is 5.32 Å². The van der Waals surface area contributed by atoms with Gasteiger partial charge >= 0.3 is 12.2 Å². The van der Waals surface area contributed by atoms with E-state index in [1.54, 1.807) is 17.0 Å². The maximum absolute atomic E-state index is 12.9. The molecule has 0 bridgehead atoms. The van der Waals surface area contributed by atoms with Crippen LogP contribution in [0.15, 0.2) is 48.5 Å². The summed E-state index contributed by atoms with van der Waals surface area (Å²) in [5.74, 6) is 0.683. The van der Waals surface area contributed by atoms with E-state index in [4.69, 9.17) is 0 Å². The van der Waals surface area contributed by atoms with Gasteiger partial charge in [-0.1, -0.05) is 24.3 Å². The van der Waals surface area contributed by atoms with Gasteiger partial charge in [0, 0.05) is 18.0 Å². The number of thioether (sulfide) groups is 1. The Bertz CT molecular complexity index is 779. The Kier molecular flexibility index (Phi) is 4.94. The number of benzene rings is 2. The number of amides is 2. The minimum Gasteiger partial charge on any atom is -0.308 e. The second-order valence-electron chi connectivity index (χ2n) is 5.84. The zero-order valence-corrected chi connectivity index (χ0v) is 14.3. The molecule has 2 aromatic carbocycles.